The van der Waals surface area contributed by atoms with Crippen molar-refractivity contribution in [1.29, 1.82) is 0 Å². The van der Waals surface area contributed by atoms with Crippen LogP contribution in [-0.4, -0.2) is 42.7 Å². The Kier molecular flexibility index (Phi) is 6.21. The van der Waals surface area contributed by atoms with Gasteiger partial charge in [-0.05, 0) is 25.7 Å². The summed E-state index contributed by atoms with van der Waals surface area (Å²) >= 11 is 0. The van der Waals surface area contributed by atoms with Gasteiger partial charge < -0.3 is 19.3 Å². The van der Waals surface area contributed by atoms with Crippen molar-refractivity contribution in [3.63, 3.8) is 0 Å². The van der Waals surface area contributed by atoms with E-state index >= 15 is 0 Å². The van der Waals surface area contributed by atoms with Crippen LogP contribution in [0, 0.1) is 0 Å². The van der Waals surface area contributed by atoms with Crippen LogP contribution in [-0.2, 0) is 19.0 Å². The highest BCUT2D eigenvalue weighted by Crippen LogP contribution is 2.23. The molecular formula is C12H18O6. The number of carbonyl (C=O) groups is 2. The molecule has 0 saturated heterocycles. The number of esters is 1. The van der Waals surface area contributed by atoms with Crippen LogP contribution in [0.1, 0.15) is 25.7 Å². The number of hydrogen-bond acceptors (Lipinski definition) is 5. The van der Waals surface area contributed by atoms with Gasteiger partial charge in [0.2, 0.25) is 0 Å². The Morgan fingerprint density at radius 2 is 1.78 bits per heavy atom. The van der Waals surface area contributed by atoms with Crippen LogP contribution >= 0.6 is 0 Å². The molecule has 0 bridgehead atoms. The highest BCUT2D eigenvalue weighted by Gasteiger charge is 2.24. The first-order valence-electron chi connectivity index (χ1n) is 5.92. The van der Waals surface area contributed by atoms with Gasteiger partial charge in [-0.15, -0.1) is 0 Å². The lowest BCUT2D eigenvalue weighted by Gasteiger charge is -2.27. The number of hydrogen-bond donors (Lipinski definition) is 1. The first-order chi connectivity index (χ1) is 8.61. The summed E-state index contributed by atoms with van der Waals surface area (Å²) in [6, 6.07) is 0. The highest BCUT2D eigenvalue weighted by atomic mass is 16.7. The summed E-state index contributed by atoms with van der Waals surface area (Å²) in [5.74, 6) is -0.461. The average molecular weight is 258 g/mol. The maximum absolute atomic E-state index is 10.7. The topological polar surface area (TPSA) is 82.1 Å². The van der Waals surface area contributed by atoms with Gasteiger partial charge in [-0.25, -0.2) is 9.59 Å². The van der Waals surface area contributed by atoms with Crippen LogP contribution in [0.4, 0.5) is 4.79 Å². The lowest BCUT2D eigenvalue weighted by atomic mass is 9.95. The fraction of sp³-hybridized carbons (Fsp3) is 0.667. The van der Waals surface area contributed by atoms with Crippen molar-refractivity contribution in [2.24, 2.45) is 0 Å². The molecule has 0 aromatic carbocycles. The number of carboxylic acid groups (broad SMARTS) is 1. The molecule has 6 nitrogen and oxygen atoms in total. The molecule has 1 N–H and O–H groups in total. The van der Waals surface area contributed by atoms with E-state index in [4.69, 9.17) is 19.3 Å². The fourth-order valence-electron chi connectivity index (χ4n) is 1.88. The monoisotopic (exact) mass is 258 g/mol. The third-order valence-corrected chi connectivity index (χ3v) is 2.74. The molecule has 0 radical (unpaired) electrons. The van der Waals surface area contributed by atoms with Crippen molar-refractivity contribution in [1.82, 2.24) is 0 Å². The second-order valence-electron chi connectivity index (χ2n) is 4.02. The second kappa shape index (κ2) is 7.71. The molecule has 0 aromatic rings. The zero-order valence-corrected chi connectivity index (χ0v) is 10.2. The zero-order valence-electron chi connectivity index (χ0n) is 10.2. The molecular weight excluding hydrogens is 240 g/mol. The second-order valence-corrected chi connectivity index (χ2v) is 4.02. The largest absolute Gasteiger partial charge is 0.506 e. The van der Waals surface area contributed by atoms with E-state index in [0.29, 0.717) is 19.4 Å². The molecule has 6 heteroatoms. The lowest BCUT2D eigenvalue weighted by molar-refractivity contribution is -0.140. The first-order valence-corrected chi connectivity index (χ1v) is 5.92. The van der Waals surface area contributed by atoms with Gasteiger partial charge in [0.15, 0.2) is 0 Å². The molecule has 0 spiro atoms. The van der Waals surface area contributed by atoms with Gasteiger partial charge in [-0.2, -0.15) is 0 Å². The van der Waals surface area contributed by atoms with Gasteiger partial charge in [-0.3, -0.25) is 0 Å². The Morgan fingerprint density at radius 1 is 1.17 bits per heavy atom. The predicted molar refractivity (Wildman–Crippen MR) is 62.3 cm³/mol. The average Bonchev–Trinajstić information content (AvgIpc) is 2.35. The Morgan fingerprint density at radius 3 is 2.33 bits per heavy atom. The van der Waals surface area contributed by atoms with Crippen molar-refractivity contribution >= 4 is 12.1 Å². The van der Waals surface area contributed by atoms with Gasteiger partial charge in [0.05, 0.1) is 12.7 Å². The molecule has 0 unspecified atom stereocenters. The van der Waals surface area contributed by atoms with Crippen LogP contribution in [0.15, 0.2) is 12.7 Å². The van der Waals surface area contributed by atoms with Gasteiger partial charge in [0.25, 0.3) is 0 Å². The molecule has 0 aromatic heterocycles. The standard InChI is InChI=1S/C12H18O6/c1-2-11(13)17-8-7-16-9-3-5-10(6-4-9)18-12(14)15/h2,9-10H,1,3-8H2,(H,14,15). The van der Waals surface area contributed by atoms with Crippen LogP contribution in [0.3, 0.4) is 0 Å². The Balaban J connectivity index is 2.07. The summed E-state index contributed by atoms with van der Waals surface area (Å²) in [6.07, 6.45) is 2.60. The Hall–Kier alpha value is -1.56. The normalized spacial score (nSPS) is 23.1. The fourth-order valence-corrected chi connectivity index (χ4v) is 1.88. The van der Waals surface area contributed by atoms with E-state index in [1.54, 1.807) is 0 Å². The third kappa shape index (κ3) is 5.67. The predicted octanol–water partition coefficient (Wildman–Crippen LogP) is 1.74. The van der Waals surface area contributed by atoms with E-state index in [-0.39, 0.29) is 18.8 Å². The smallest absolute Gasteiger partial charge is 0.460 e. The molecule has 18 heavy (non-hydrogen) atoms. The molecule has 0 aliphatic heterocycles. The highest BCUT2D eigenvalue weighted by molar-refractivity contribution is 5.81. The summed E-state index contributed by atoms with van der Waals surface area (Å²) in [4.78, 5) is 21.1. The van der Waals surface area contributed by atoms with Crippen molar-refractivity contribution < 1.29 is 28.9 Å². The summed E-state index contributed by atoms with van der Waals surface area (Å²) < 4.78 is 15.0. The lowest BCUT2D eigenvalue weighted by Crippen LogP contribution is -2.28. The zero-order chi connectivity index (χ0) is 13.4. The van der Waals surface area contributed by atoms with Crippen LogP contribution in [0.2, 0.25) is 0 Å². The molecule has 1 fully saturated rings. The summed E-state index contributed by atoms with van der Waals surface area (Å²) in [6.45, 7) is 3.83. The molecule has 1 aliphatic carbocycles. The van der Waals surface area contributed by atoms with Crippen molar-refractivity contribution in [2.45, 2.75) is 37.9 Å². The summed E-state index contributed by atoms with van der Waals surface area (Å²) in [5, 5.41) is 8.47. The maximum Gasteiger partial charge on any atom is 0.506 e. The van der Waals surface area contributed by atoms with Crippen molar-refractivity contribution in [3.8, 4) is 0 Å². The quantitative estimate of drug-likeness (QED) is 0.444. The number of carbonyl (C=O) groups excluding carboxylic acids is 1. The van der Waals surface area contributed by atoms with Crippen LogP contribution in [0.25, 0.3) is 0 Å². The van der Waals surface area contributed by atoms with Crippen molar-refractivity contribution in [3.05, 3.63) is 12.7 Å². The van der Waals surface area contributed by atoms with Crippen molar-refractivity contribution in [2.75, 3.05) is 13.2 Å². The minimum atomic E-state index is -1.23. The summed E-state index contributed by atoms with van der Waals surface area (Å²) in [5.41, 5.74) is 0. The minimum Gasteiger partial charge on any atom is -0.460 e. The van der Waals surface area contributed by atoms with Gasteiger partial charge >= 0.3 is 12.1 Å². The van der Waals surface area contributed by atoms with E-state index in [0.717, 1.165) is 18.9 Å². The van der Waals surface area contributed by atoms with Crippen LogP contribution in [0.5, 0.6) is 0 Å². The number of ether oxygens (including phenoxy) is 3. The molecule has 102 valence electrons. The van der Waals surface area contributed by atoms with Gasteiger partial charge in [0.1, 0.15) is 12.7 Å². The molecule has 0 amide bonds. The molecule has 1 rings (SSSR count). The molecule has 0 heterocycles. The van der Waals surface area contributed by atoms with Crippen LogP contribution < -0.4 is 0 Å². The van der Waals surface area contributed by atoms with E-state index in [1.165, 1.54) is 0 Å². The van der Waals surface area contributed by atoms with Gasteiger partial charge in [0, 0.05) is 6.08 Å². The Bertz CT molecular complexity index is 293. The molecule has 0 atom stereocenters. The molecule has 1 aliphatic rings. The SMILES string of the molecule is C=CC(=O)OCCOC1CCC(OC(=O)O)CC1. The van der Waals surface area contributed by atoms with E-state index < -0.39 is 12.1 Å². The number of rotatable bonds is 6. The van der Waals surface area contributed by atoms with Gasteiger partial charge in [-0.1, -0.05) is 6.58 Å². The first kappa shape index (κ1) is 14.5. The van der Waals surface area contributed by atoms with E-state index in [1.807, 2.05) is 0 Å². The summed E-state index contributed by atoms with van der Waals surface area (Å²) in [7, 11) is 0. The minimum absolute atomic E-state index is 0.0843. The maximum atomic E-state index is 10.7. The van der Waals surface area contributed by atoms with E-state index in [9.17, 15) is 9.59 Å². The Labute approximate surface area is 106 Å². The molecule has 1 saturated carbocycles. The van der Waals surface area contributed by atoms with E-state index in [2.05, 4.69) is 6.58 Å². The third-order valence-electron chi connectivity index (χ3n) is 2.74.